The summed E-state index contributed by atoms with van der Waals surface area (Å²) in [5.41, 5.74) is 13.8. The van der Waals surface area contributed by atoms with Crippen LogP contribution in [0.4, 0.5) is 11.4 Å². The maximum atomic E-state index is 10.8. The largest absolute Gasteiger partial charge is 0.397 e. The van der Waals surface area contributed by atoms with E-state index in [9.17, 15) is 4.79 Å². The summed E-state index contributed by atoms with van der Waals surface area (Å²) in [5.74, 6) is 0.243. The lowest BCUT2D eigenvalue weighted by Gasteiger charge is -2.03. The Bertz CT molecular complexity index is 855. The van der Waals surface area contributed by atoms with E-state index in [2.05, 4.69) is 14.3 Å². The number of benzene rings is 1. The van der Waals surface area contributed by atoms with Crippen LogP contribution in [-0.4, -0.2) is 21.5 Å². The Kier molecular flexibility index (Phi) is 3.33. The number of rotatable bonds is 3. The van der Waals surface area contributed by atoms with Gasteiger partial charge in [-0.1, -0.05) is 0 Å². The third-order valence-electron chi connectivity index (χ3n) is 2.93. The van der Waals surface area contributed by atoms with Crippen LogP contribution in [0.2, 0.25) is 0 Å². The van der Waals surface area contributed by atoms with Crippen molar-refractivity contribution < 1.29 is 4.79 Å². The van der Waals surface area contributed by atoms with Crippen molar-refractivity contribution in [1.29, 1.82) is 0 Å². The summed E-state index contributed by atoms with van der Waals surface area (Å²) in [6.07, 6.45) is 2.35. The molecule has 1 aromatic carbocycles. The number of aldehydes is 1. The molecule has 3 aromatic rings. The van der Waals surface area contributed by atoms with Crippen LogP contribution >= 0.6 is 11.5 Å². The van der Waals surface area contributed by atoms with Crippen molar-refractivity contribution in [3.63, 3.8) is 0 Å². The fourth-order valence-electron chi connectivity index (χ4n) is 1.92. The van der Waals surface area contributed by atoms with Crippen LogP contribution in [-0.2, 0) is 0 Å². The predicted octanol–water partition coefficient (Wildman–Crippen LogP) is 2.12. The Labute approximate surface area is 124 Å². The summed E-state index contributed by atoms with van der Waals surface area (Å²) in [7, 11) is 0. The monoisotopic (exact) mass is 297 g/mol. The van der Waals surface area contributed by atoms with Crippen LogP contribution in [0.25, 0.3) is 10.1 Å². The number of nitrogens with two attached hydrogens (primary N) is 2. The minimum Gasteiger partial charge on any atom is -0.397 e. The van der Waals surface area contributed by atoms with Gasteiger partial charge in [0.05, 0.1) is 16.1 Å². The highest BCUT2D eigenvalue weighted by atomic mass is 32.1. The molecule has 0 spiro atoms. The maximum absolute atomic E-state index is 10.8. The molecule has 6 nitrogen and oxygen atoms in total. The van der Waals surface area contributed by atoms with Gasteiger partial charge in [0.2, 0.25) is 0 Å². The van der Waals surface area contributed by atoms with Crippen molar-refractivity contribution in [1.82, 2.24) is 9.36 Å². The van der Waals surface area contributed by atoms with Crippen molar-refractivity contribution in [3.8, 4) is 0 Å². The molecular formula is C14H11N5OS. The third kappa shape index (κ3) is 2.46. The molecule has 2 heterocycles. The SMILES string of the molecule is NC(=Nc1ccc2c(C=O)nsc2c1)c1ncccc1N. The fraction of sp³-hybridized carbons (Fsp3) is 0. The van der Waals surface area contributed by atoms with Crippen LogP contribution in [0.3, 0.4) is 0 Å². The second-order valence-electron chi connectivity index (χ2n) is 4.30. The summed E-state index contributed by atoms with van der Waals surface area (Å²) in [4.78, 5) is 19.3. The van der Waals surface area contributed by atoms with Crippen LogP contribution in [0.15, 0.2) is 41.5 Å². The molecule has 2 aromatic heterocycles. The smallest absolute Gasteiger partial charge is 0.170 e. The fourth-order valence-corrected chi connectivity index (χ4v) is 2.71. The van der Waals surface area contributed by atoms with Crippen LogP contribution < -0.4 is 11.5 Å². The first-order valence-electron chi connectivity index (χ1n) is 6.08. The number of carbonyl (C=O) groups is 1. The molecular weight excluding hydrogens is 286 g/mol. The minimum atomic E-state index is 0.243. The van der Waals surface area contributed by atoms with Crippen LogP contribution in [0, 0.1) is 0 Å². The molecule has 0 aliphatic carbocycles. The number of nitrogens with zero attached hydrogens (tertiary/aromatic N) is 3. The van der Waals surface area contributed by atoms with Gasteiger partial charge in [0.25, 0.3) is 0 Å². The summed E-state index contributed by atoms with van der Waals surface area (Å²) in [5, 5.41) is 0.810. The average Bonchev–Trinajstić information content (AvgIpc) is 2.89. The topological polar surface area (TPSA) is 107 Å². The van der Waals surface area contributed by atoms with E-state index < -0.39 is 0 Å². The first-order chi connectivity index (χ1) is 10.2. The van der Waals surface area contributed by atoms with Gasteiger partial charge in [0.1, 0.15) is 11.4 Å². The van der Waals surface area contributed by atoms with Gasteiger partial charge in [-0.3, -0.25) is 9.78 Å². The lowest BCUT2D eigenvalue weighted by Crippen LogP contribution is -2.16. The first kappa shape index (κ1) is 13.2. The highest BCUT2D eigenvalue weighted by Gasteiger charge is 2.08. The molecule has 7 heteroatoms. The molecule has 0 unspecified atom stereocenters. The summed E-state index contributed by atoms with van der Waals surface area (Å²) >= 11 is 1.25. The van der Waals surface area contributed by atoms with Crippen molar-refractivity contribution in [2.24, 2.45) is 10.7 Å². The normalized spacial score (nSPS) is 11.7. The van der Waals surface area contributed by atoms with E-state index in [4.69, 9.17) is 11.5 Å². The summed E-state index contributed by atoms with van der Waals surface area (Å²) < 4.78 is 4.94. The van der Waals surface area contributed by atoms with E-state index in [0.29, 0.717) is 22.8 Å². The molecule has 0 aliphatic rings. The molecule has 0 saturated carbocycles. The highest BCUT2D eigenvalue weighted by Crippen LogP contribution is 2.26. The van der Waals surface area contributed by atoms with E-state index in [0.717, 1.165) is 16.4 Å². The van der Waals surface area contributed by atoms with Gasteiger partial charge in [-0.05, 0) is 41.9 Å². The van der Waals surface area contributed by atoms with E-state index >= 15 is 0 Å². The van der Waals surface area contributed by atoms with Crippen molar-refractivity contribution in [2.75, 3.05) is 5.73 Å². The van der Waals surface area contributed by atoms with Gasteiger partial charge in [-0.25, -0.2) is 4.99 Å². The molecule has 0 saturated heterocycles. The van der Waals surface area contributed by atoms with E-state index in [1.807, 2.05) is 6.07 Å². The summed E-state index contributed by atoms with van der Waals surface area (Å²) in [6, 6.07) is 8.85. The number of amidine groups is 1. The number of fused-ring (bicyclic) bond motifs is 1. The molecule has 0 radical (unpaired) electrons. The lowest BCUT2D eigenvalue weighted by molar-refractivity contribution is 0.112. The minimum absolute atomic E-state index is 0.243. The number of aromatic nitrogens is 2. The highest BCUT2D eigenvalue weighted by molar-refractivity contribution is 7.13. The van der Waals surface area contributed by atoms with E-state index in [1.54, 1.807) is 30.5 Å². The zero-order chi connectivity index (χ0) is 14.8. The third-order valence-corrected chi connectivity index (χ3v) is 3.75. The average molecular weight is 297 g/mol. The standard InChI is InChI=1S/C14H11N5OS/c15-10-2-1-5-17-13(10)14(16)18-8-3-4-9-11(7-20)19-21-12(9)6-8/h1-7H,15H2,(H2,16,18). The van der Waals surface area contributed by atoms with Crippen molar-refractivity contribution >= 4 is 45.1 Å². The van der Waals surface area contributed by atoms with Crippen LogP contribution in [0.1, 0.15) is 16.2 Å². The Morgan fingerprint density at radius 3 is 2.95 bits per heavy atom. The molecule has 0 amide bonds. The second-order valence-corrected chi connectivity index (χ2v) is 5.11. The van der Waals surface area contributed by atoms with E-state index in [1.165, 1.54) is 11.5 Å². The van der Waals surface area contributed by atoms with Gasteiger partial charge in [0.15, 0.2) is 12.1 Å². The number of aliphatic imine (C=N–C) groups is 1. The second kappa shape index (κ2) is 5.29. The zero-order valence-corrected chi connectivity index (χ0v) is 11.7. The van der Waals surface area contributed by atoms with Gasteiger partial charge < -0.3 is 11.5 Å². The summed E-state index contributed by atoms with van der Waals surface area (Å²) in [6.45, 7) is 0. The van der Waals surface area contributed by atoms with Crippen LogP contribution in [0.5, 0.6) is 0 Å². The Morgan fingerprint density at radius 1 is 1.33 bits per heavy atom. The molecule has 4 N–H and O–H groups in total. The first-order valence-corrected chi connectivity index (χ1v) is 6.86. The van der Waals surface area contributed by atoms with Gasteiger partial charge in [-0.15, -0.1) is 0 Å². The molecule has 0 atom stereocenters. The van der Waals surface area contributed by atoms with Gasteiger partial charge in [-0.2, -0.15) is 4.37 Å². The number of anilines is 1. The maximum Gasteiger partial charge on any atom is 0.170 e. The predicted molar refractivity (Wildman–Crippen MR) is 84.0 cm³/mol. The van der Waals surface area contributed by atoms with Crippen molar-refractivity contribution in [2.45, 2.75) is 0 Å². The number of nitrogen functional groups attached to an aromatic ring is 1. The molecule has 104 valence electrons. The quantitative estimate of drug-likeness (QED) is 0.437. The number of hydrogen-bond acceptors (Lipinski definition) is 6. The van der Waals surface area contributed by atoms with E-state index in [-0.39, 0.29) is 5.84 Å². The number of pyridine rings is 1. The molecule has 3 rings (SSSR count). The Balaban J connectivity index is 2.03. The van der Waals surface area contributed by atoms with Crippen molar-refractivity contribution in [3.05, 3.63) is 47.9 Å². The van der Waals surface area contributed by atoms with Gasteiger partial charge >= 0.3 is 0 Å². The lowest BCUT2D eigenvalue weighted by atomic mass is 10.2. The molecule has 0 aliphatic heterocycles. The Hall–Kier alpha value is -2.80. The number of hydrogen-bond donors (Lipinski definition) is 2. The molecule has 21 heavy (non-hydrogen) atoms. The molecule has 0 fully saturated rings. The number of carbonyl (C=O) groups excluding carboxylic acids is 1. The zero-order valence-electron chi connectivity index (χ0n) is 10.9. The van der Waals surface area contributed by atoms with Gasteiger partial charge in [0, 0.05) is 11.6 Å². The Morgan fingerprint density at radius 2 is 2.19 bits per heavy atom. The molecule has 0 bridgehead atoms.